The Balaban J connectivity index is 3.05. The number of hydrogen-bond donors (Lipinski definition) is 2. The van der Waals surface area contributed by atoms with Crippen LogP contribution in [0.1, 0.15) is 18.9 Å². The highest BCUT2D eigenvalue weighted by atomic mass is 35.5. The third-order valence-electron chi connectivity index (χ3n) is 2.74. The van der Waals surface area contributed by atoms with Crippen molar-refractivity contribution in [2.75, 3.05) is 13.2 Å². The number of aliphatic hydroxyl groups excluding tert-OH is 2. The SMILES string of the molecule is CCC(CO)(CO)c1ccc(Cl)cc1. The van der Waals surface area contributed by atoms with Gasteiger partial charge in [0, 0.05) is 10.4 Å². The molecule has 0 aliphatic heterocycles. The Bertz CT molecular complexity index is 270. The number of rotatable bonds is 4. The smallest absolute Gasteiger partial charge is 0.0550 e. The van der Waals surface area contributed by atoms with E-state index >= 15 is 0 Å². The second-order valence-electron chi connectivity index (χ2n) is 3.46. The van der Waals surface area contributed by atoms with Crippen molar-refractivity contribution in [3.05, 3.63) is 34.9 Å². The lowest BCUT2D eigenvalue weighted by molar-refractivity contribution is 0.113. The van der Waals surface area contributed by atoms with Crippen LogP contribution in [0.15, 0.2) is 24.3 Å². The van der Waals surface area contributed by atoms with E-state index in [1.165, 1.54) is 0 Å². The molecular weight excluding hydrogens is 200 g/mol. The normalized spacial score (nSPS) is 11.7. The molecule has 0 atom stereocenters. The average molecular weight is 215 g/mol. The molecule has 0 fully saturated rings. The minimum absolute atomic E-state index is 0.0539. The van der Waals surface area contributed by atoms with Crippen LogP contribution >= 0.6 is 11.6 Å². The van der Waals surface area contributed by atoms with E-state index in [4.69, 9.17) is 11.6 Å². The highest BCUT2D eigenvalue weighted by Crippen LogP contribution is 2.27. The number of halogens is 1. The number of hydrogen-bond acceptors (Lipinski definition) is 2. The topological polar surface area (TPSA) is 40.5 Å². The molecule has 0 saturated heterocycles. The molecule has 0 spiro atoms. The van der Waals surface area contributed by atoms with Gasteiger partial charge in [0.25, 0.3) is 0 Å². The van der Waals surface area contributed by atoms with Gasteiger partial charge < -0.3 is 10.2 Å². The van der Waals surface area contributed by atoms with Crippen molar-refractivity contribution < 1.29 is 10.2 Å². The zero-order chi connectivity index (χ0) is 10.6. The average Bonchev–Trinajstić information content (AvgIpc) is 2.24. The van der Waals surface area contributed by atoms with Gasteiger partial charge in [0.2, 0.25) is 0 Å². The van der Waals surface area contributed by atoms with Crippen LogP contribution in [0.25, 0.3) is 0 Å². The van der Waals surface area contributed by atoms with E-state index in [0.29, 0.717) is 11.4 Å². The maximum Gasteiger partial charge on any atom is 0.0550 e. The largest absolute Gasteiger partial charge is 0.395 e. The Labute approximate surface area is 89.1 Å². The molecule has 0 radical (unpaired) electrons. The van der Waals surface area contributed by atoms with Crippen molar-refractivity contribution in [3.8, 4) is 0 Å². The van der Waals surface area contributed by atoms with E-state index in [1.54, 1.807) is 12.1 Å². The van der Waals surface area contributed by atoms with Crippen LogP contribution in [0.4, 0.5) is 0 Å². The molecular formula is C11H15ClO2. The van der Waals surface area contributed by atoms with E-state index in [2.05, 4.69) is 0 Å². The summed E-state index contributed by atoms with van der Waals surface area (Å²) in [6.45, 7) is 1.84. The fraction of sp³-hybridized carbons (Fsp3) is 0.455. The summed E-state index contributed by atoms with van der Waals surface area (Å²) in [4.78, 5) is 0. The molecule has 14 heavy (non-hydrogen) atoms. The van der Waals surface area contributed by atoms with Crippen molar-refractivity contribution in [3.63, 3.8) is 0 Å². The zero-order valence-electron chi connectivity index (χ0n) is 8.20. The molecule has 1 aromatic carbocycles. The summed E-state index contributed by atoms with van der Waals surface area (Å²) in [5.41, 5.74) is 0.388. The van der Waals surface area contributed by atoms with Gasteiger partial charge in [0.1, 0.15) is 0 Å². The van der Waals surface area contributed by atoms with Gasteiger partial charge in [0.05, 0.1) is 13.2 Å². The van der Waals surface area contributed by atoms with Crippen LogP contribution in [0, 0.1) is 0 Å². The first kappa shape index (κ1) is 11.5. The second-order valence-corrected chi connectivity index (χ2v) is 3.89. The summed E-state index contributed by atoms with van der Waals surface area (Å²) in [5.74, 6) is 0. The van der Waals surface area contributed by atoms with Gasteiger partial charge in [-0.25, -0.2) is 0 Å². The molecule has 3 heteroatoms. The first-order valence-corrected chi connectivity index (χ1v) is 5.04. The Morgan fingerprint density at radius 3 is 2.00 bits per heavy atom. The van der Waals surface area contributed by atoms with Crippen LogP contribution in [-0.2, 0) is 5.41 Å². The fourth-order valence-electron chi connectivity index (χ4n) is 1.46. The van der Waals surface area contributed by atoms with Crippen molar-refractivity contribution in [2.45, 2.75) is 18.8 Å². The van der Waals surface area contributed by atoms with Crippen LogP contribution in [-0.4, -0.2) is 23.4 Å². The molecule has 0 unspecified atom stereocenters. The van der Waals surface area contributed by atoms with Gasteiger partial charge in [-0.1, -0.05) is 30.7 Å². The Kier molecular flexibility index (Phi) is 3.93. The van der Waals surface area contributed by atoms with E-state index in [0.717, 1.165) is 5.56 Å². The Hall–Kier alpha value is -0.570. The predicted molar refractivity (Wildman–Crippen MR) is 57.6 cm³/mol. The minimum Gasteiger partial charge on any atom is -0.395 e. The molecule has 78 valence electrons. The quantitative estimate of drug-likeness (QED) is 0.805. The molecule has 1 rings (SSSR count). The molecule has 0 aliphatic rings. The maximum atomic E-state index is 9.31. The summed E-state index contributed by atoms with van der Waals surface area (Å²) in [6, 6.07) is 7.23. The van der Waals surface area contributed by atoms with Crippen molar-refractivity contribution in [1.29, 1.82) is 0 Å². The van der Waals surface area contributed by atoms with Gasteiger partial charge in [-0.3, -0.25) is 0 Å². The molecule has 0 bridgehead atoms. The van der Waals surface area contributed by atoms with Gasteiger partial charge >= 0.3 is 0 Å². The summed E-state index contributed by atoms with van der Waals surface area (Å²) < 4.78 is 0. The van der Waals surface area contributed by atoms with Crippen LogP contribution in [0.2, 0.25) is 5.02 Å². The maximum absolute atomic E-state index is 9.31. The summed E-state index contributed by atoms with van der Waals surface area (Å²) >= 11 is 5.77. The van der Waals surface area contributed by atoms with Gasteiger partial charge in [-0.05, 0) is 24.1 Å². The number of benzene rings is 1. The van der Waals surface area contributed by atoms with Gasteiger partial charge in [0.15, 0.2) is 0 Å². The van der Waals surface area contributed by atoms with Crippen molar-refractivity contribution in [1.82, 2.24) is 0 Å². The number of aliphatic hydroxyl groups is 2. The molecule has 2 nitrogen and oxygen atoms in total. The van der Waals surface area contributed by atoms with Crippen LogP contribution in [0.3, 0.4) is 0 Å². The lowest BCUT2D eigenvalue weighted by Gasteiger charge is -2.28. The highest BCUT2D eigenvalue weighted by Gasteiger charge is 2.28. The Morgan fingerprint density at radius 2 is 1.64 bits per heavy atom. The van der Waals surface area contributed by atoms with Crippen LogP contribution < -0.4 is 0 Å². The lowest BCUT2D eigenvalue weighted by Crippen LogP contribution is -2.33. The summed E-state index contributed by atoms with van der Waals surface area (Å²) in [6.07, 6.45) is 0.696. The van der Waals surface area contributed by atoms with Crippen molar-refractivity contribution in [2.24, 2.45) is 0 Å². The lowest BCUT2D eigenvalue weighted by atomic mass is 9.80. The molecule has 0 heterocycles. The second kappa shape index (κ2) is 4.78. The molecule has 2 N–H and O–H groups in total. The third-order valence-corrected chi connectivity index (χ3v) is 2.99. The highest BCUT2D eigenvalue weighted by molar-refractivity contribution is 6.30. The van der Waals surface area contributed by atoms with E-state index in [1.807, 2.05) is 19.1 Å². The monoisotopic (exact) mass is 214 g/mol. The first-order chi connectivity index (χ1) is 6.68. The molecule has 0 saturated carbocycles. The molecule has 0 aliphatic carbocycles. The predicted octanol–water partition coefficient (Wildman–Crippen LogP) is 1.97. The standard InChI is InChI=1S/C11H15ClO2/c1-2-11(7-13,8-14)9-3-5-10(12)6-4-9/h3-6,13-14H,2,7-8H2,1H3. The van der Waals surface area contributed by atoms with Crippen LogP contribution in [0.5, 0.6) is 0 Å². The zero-order valence-corrected chi connectivity index (χ0v) is 8.96. The van der Waals surface area contributed by atoms with E-state index in [9.17, 15) is 10.2 Å². The van der Waals surface area contributed by atoms with E-state index in [-0.39, 0.29) is 13.2 Å². The fourth-order valence-corrected chi connectivity index (χ4v) is 1.59. The summed E-state index contributed by atoms with van der Waals surface area (Å²) in [7, 11) is 0. The molecule has 0 aromatic heterocycles. The Morgan fingerprint density at radius 1 is 1.14 bits per heavy atom. The molecule has 1 aromatic rings. The van der Waals surface area contributed by atoms with E-state index < -0.39 is 5.41 Å². The van der Waals surface area contributed by atoms with Gasteiger partial charge in [-0.2, -0.15) is 0 Å². The first-order valence-electron chi connectivity index (χ1n) is 4.66. The molecule has 0 amide bonds. The summed E-state index contributed by atoms with van der Waals surface area (Å²) in [5, 5.41) is 19.3. The third kappa shape index (κ3) is 2.08. The minimum atomic E-state index is -0.537. The van der Waals surface area contributed by atoms with Crippen molar-refractivity contribution >= 4 is 11.6 Å². The van der Waals surface area contributed by atoms with Gasteiger partial charge in [-0.15, -0.1) is 0 Å².